The first-order valence-electron chi connectivity index (χ1n) is 4.80. The molecule has 0 radical (unpaired) electrons. The summed E-state index contributed by atoms with van der Waals surface area (Å²) in [5, 5.41) is 0. The summed E-state index contributed by atoms with van der Waals surface area (Å²) in [7, 11) is 0. The van der Waals surface area contributed by atoms with Gasteiger partial charge in [-0.2, -0.15) is 0 Å². The molecule has 0 saturated carbocycles. The topological polar surface area (TPSA) is 35.2 Å². The van der Waals surface area contributed by atoms with Crippen LogP contribution >= 0.6 is 0 Å². The zero-order valence-electron chi connectivity index (χ0n) is 7.86. The van der Waals surface area contributed by atoms with Gasteiger partial charge in [-0.25, -0.2) is 0 Å². The Morgan fingerprint density at radius 3 is 3.08 bits per heavy atom. The van der Waals surface area contributed by atoms with Crippen molar-refractivity contribution in [2.75, 3.05) is 6.61 Å². The van der Waals surface area contributed by atoms with Crippen molar-refractivity contribution in [3.05, 3.63) is 29.8 Å². The standard InChI is InChI=1S/C11H15NO/c1-2-10(12)9-7-13-11-6-4-3-5-8(9)11/h3-6,9-10H,2,7,12H2,1H3/t9?,10-/m1/s1. The maximum atomic E-state index is 6.01. The average Bonchev–Trinajstić information content (AvgIpc) is 2.60. The maximum Gasteiger partial charge on any atom is 0.122 e. The molecule has 1 unspecified atom stereocenters. The molecule has 0 aromatic heterocycles. The predicted octanol–water partition coefficient (Wildman–Crippen LogP) is 1.90. The van der Waals surface area contributed by atoms with Crippen LogP contribution in [-0.2, 0) is 0 Å². The molecule has 1 heterocycles. The van der Waals surface area contributed by atoms with E-state index >= 15 is 0 Å². The third kappa shape index (κ3) is 1.42. The number of ether oxygens (including phenoxy) is 1. The van der Waals surface area contributed by atoms with Crippen LogP contribution in [0.5, 0.6) is 5.75 Å². The molecule has 0 spiro atoms. The zero-order valence-corrected chi connectivity index (χ0v) is 7.86. The smallest absolute Gasteiger partial charge is 0.122 e. The van der Waals surface area contributed by atoms with E-state index in [0.29, 0.717) is 5.92 Å². The molecular formula is C11H15NO. The van der Waals surface area contributed by atoms with Gasteiger partial charge in [-0.3, -0.25) is 0 Å². The van der Waals surface area contributed by atoms with Crippen LogP contribution in [0.3, 0.4) is 0 Å². The van der Waals surface area contributed by atoms with E-state index in [1.54, 1.807) is 0 Å². The summed E-state index contributed by atoms with van der Waals surface area (Å²) in [5.74, 6) is 1.40. The lowest BCUT2D eigenvalue weighted by atomic mass is 9.92. The summed E-state index contributed by atoms with van der Waals surface area (Å²) in [6.07, 6.45) is 1.00. The van der Waals surface area contributed by atoms with E-state index in [2.05, 4.69) is 13.0 Å². The van der Waals surface area contributed by atoms with Gasteiger partial charge in [0.1, 0.15) is 5.75 Å². The van der Waals surface area contributed by atoms with Gasteiger partial charge in [0, 0.05) is 17.5 Å². The molecule has 2 heteroatoms. The highest BCUT2D eigenvalue weighted by molar-refractivity contribution is 5.40. The van der Waals surface area contributed by atoms with Crippen molar-refractivity contribution in [1.29, 1.82) is 0 Å². The van der Waals surface area contributed by atoms with Crippen LogP contribution in [0.2, 0.25) is 0 Å². The Morgan fingerprint density at radius 2 is 2.31 bits per heavy atom. The van der Waals surface area contributed by atoms with E-state index in [9.17, 15) is 0 Å². The van der Waals surface area contributed by atoms with E-state index in [1.165, 1.54) is 5.56 Å². The average molecular weight is 177 g/mol. The molecule has 13 heavy (non-hydrogen) atoms. The molecule has 2 N–H and O–H groups in total. The highest BCUT2D eigenvalue weighted by atomic mass is 16.5. The molecule has 2 nitrogen and oxygen atoms in total. The van der Waals surface area contributed by atoms with E-state index in [0.717, 1.165) is 18.8 Å². The normalized spacial score (nSPS) is 22.2. The minimum atomic E-state index is 0.226. The Morgan fingerprint density at radius 1 is 1.54 bits per heavy atom. The van der Waals surface area contributed by atoms with Crippen LogP contribution < -0.4 is 10.5 Å². The number of rotatable bonds is 2. The first-order valence-corrected chi connectivity index (χ1v) is 4.80. The molecule has 1 aromatic rings. The number of para-hydroxylation sites is 1. The maximum absolute atomic E-state index is 6.01. The number of hydrogen-bond acceptors (Lipinski definition) is 2. The predicted molar refractivity (Wildman–Crippen MR) is 52.9 cm³/mol. The van der Waals surface area contributed by atoms with Gasteiger partial charge >= 0.3 is 0 Å². The molecule has 0 saturated heterocycles. The van der Waals surface area contributed by atoms with Crippen LogP contribution in [0.15, 0.2) is 24.3 Å². The molecule has 0 amide bonds. The Labute approximate surface area is 78.7 Å². The van der Waals surface area contributed by atoms with E-state index in [1.807, 2.05) is 18.2 Å². The van der Waals surface area contributed by atoms with Crippen LogP contribution in [0, 0.1) is 0 Å². The second kappa shape index (κ2) is 3.38. The first-order chi connectivity index (χ1) is 6.33. The second-order valence-corrected chi connectivity index (χ2v) is 3.53. The summed E-state index contributed by atoms with van der Waals surface area (Å²) in [6.45, 7) is 2.86. The molecule has 70 valence electrons. The summed E-state index contributed by atoms with van der Waals surface area (Å²) >= 11 is 0. The van der Waals surface area contributed by atoms with Crippen molar-refractivity contribution in [2.45, 2.75) is 25.3 Å². The molecular weight excluding hydrogens is 162 g/mol. The van der Waals surface area contributed by atoms with Crippen molar-refractivity contribution in [3.8, 4) is 5.75 Å². The third-order valence-electron chi connectivity index (χ3n) is 2.73. The van der Waals surface area contributed by atoms with Crippen molar-refractivity contribution < 1.29 is 4.74 Å². The van der Waals surface area contributed by atoms with Gasteiger partial charge in [-0.05, 0) is 12.5 Å². The van der Waals surface area contributed by atoms with E-state index < -0.39 is 0 Å². The number of fused-ring (bicyclic) bond motifs is 1. The van der Waals surface area contributed by atoms with E-state index in [4.69, 9.17) is 10.5 Å². The SMILES string of the molecule is CC[C@@H](N)C1COc2ccccc21. The monoisotopic (exact) mass is 177 g/mol. The second-order valence-electron chi connectivity index (χ2n) is 3.53. The van der Waals surface area contributed by atoms with Gasteiger partial charge in [0.2, 0.25) is 0 Å². The van der Waals surface area contributed by atoms with Crippen LogP contribution in [0.4, 0.5) is 0 Å². The fourth-order valence-electron chi connectivity index (χ4n) is 1.83. The fourth-order valence-corrected chi connectivity index (χ4v) is 1.83. The van der Waals surface area contributed by atoms with Crippen molar-refractivity contribution in [1.82, 2.24) is 0 Å². The summed E-state index contributed by atoms with van der Waals surface area (Å²) in [6, 6.07) is 8.39. The third-order valence-corrected chi connectivity index (χ3v) is 2.73. The summed E-state index contributed by atoms with van der Waals surface area (Å²) < 4.78 is 5.55. The number of benzene rings is 1. The molecule has 2 rings (SSSR count). The number of hydrogen-bond donors (Lipinski definition) is 1. The molecule has 2 atom stereocenters. The summed E-state index contributed by atoms with van der Waals surface area (Å²) in [5.41, 5.74) is 7.29. The Kier molecular flexibility index (Phi) is 2.23. The summed E-state index contributed by atoms with van der Waals surface area (Å²) in [4.78, 5) is 0. The van der Waals surface area contributed by atoms with Gasteiger partial charge in [-0.15, -0.1) is 0 Å². The lowest BCUT2D eigenvalue weighted by Gasteiger charge is -2.15. The zero-order chi connectivity index (χ0) is 9.26. The fraction of sp³-hybridized carbons (Fsp3) is 0.455. The highest BCUT2D eigenvalue weighted by Gasteiger charge is 2.27. The van der Waals surface area contributed by atoms with Crippen LogP contribution in [-0.4, -0.2) is 12.6 Å². The minimum Gasteiger partial charge on any atom is -0.493 e. The Bertz CT molecular complexity index is 298. The molecule has 0 fully saturated rings. The Balaban J connectivity index is 2.28. The minimum absolute atomic E-state index is 0.226. The molecule has 1 aliphatic rings. The molecule has 0 bridgehead atoms. The van der Waals surface area contributed by atoms with Gasteiger partial charge in [-0.1, -0.05) is 25.1 Å². The van der Waals surface area contributed by atoms with Crippen molar-refractivity contribution in [2.24, 2.45) is 5.73 Å². The highest BCUT2D eigenvalue weighted by Crippen LogP contribution is 2.35. The molecule has 1 aromatic carbocycles. The molecule has 0 aliphatic carbocycles. The largest absolute Gasteiger partial charge is 0.493 e. The van der Waals surface area contributed by atoms with Crippen LogP contribution in [0.1, 0.15) is 24.8 Å². The number of nitrogens with two attached hydrogens (primary N) is 1. The van der Waals surface area contributed by atoms with Gasteiger partial charge < -0.3 is 10.5 Å². The first kappa shape index (κ1) is 8.57. The lowest BCUT2D eigenvalue weighted by molar-refractivity contribution is 0.312. The quantitative estimate of drug-likeness (QED) is 0.748. The van der Waals surface area contributed by atoms with Gasteiger partial charge in [0.05, 0.1) is 6.61 Å². The van der Waals surface area contributed by atoms with Crippen molar-refractivity contribution in [3.63, 3.8) is 0 Å². The molecule has 1 aliphatic heterocycles. The van der Waals surface area contributed by atoms with Gasteiger partial charge in [0.15, 0.2) is 0 Å². The Hall–Kier alpha value is -1.02. The van der Waals surface area contributed by atoms with Gasteiger partial charge in [0.25, 0.3) is 0 Å². The van der Waals surface area contributed by atoms with Crippen LogP contribution in [0.25, 0.3) is 0 Å². The van der Waals surface area contributed by atoms with E-state index in [-0.39, 0.29) is 6.04 Å². The van der Waals surface area contributed by atoms with Crippen molar-refractivity contribution >= 4 is 0 Å². The lowest BCUT2D eigenvalue weighted by Crippen LogP contribution is -2.28.